The van der Waals surface area contributed by atoms with Crippen LogP contribution in [0.25, 0.3) is 0 Å². The van der Waals surface area contributed by atoms with E-state index in [4.69, 9.17) is 4.74 Å². The van der Waals surface area contributed by atoms with Crippen molar-refractivity contribution in [1.82, 2.24) is 4.98 Å². The molecule has 1 aromatic rings. The minimum Gasteiger partial charge on any atom is -0.443 e. The van der Waals surface area contributed by atoms with Gasteiger partial charge in [0.15, 0.2) is 0 Å². The largest absolute Gasteiger partial charge is 0.443 e. The van der Waals surface area contributed by atoms with Gasteiger partial charge in [0.1, 0.15) is 11.4 Å². The standard InChI is InChI=1S/C13H18N2O3/c1-13(2,3)18-12(17)15-8-4-5-9-6-7-10(16)14-11(9)15/h6-7H,4-5,8H2,1-3H3,(H,14,16). The Hall–Kier alpha value is -1.78. The molecule has 0 spiro atoms. The Bertz CT molecular complexity index is 514. The van der Waals surface area contributed by atoms with Crippen LogP contribution in [0.1, 0.15) is 32.8 Å². The van der Waals surface area contributed by atoms with Crippen molar-refractivity contribution in [3.8, 4) is 0 Å². The molecule has 1 aliphatic rings. The molecule has 1 amide bonds. The van der Waals surface area contributed by atoms with Gasteiger partial charge in [-0.15, -0.1) is 0 Å². The van der Waals surface area contributed by atoms with Crippen LogP contribution in [0.3, 0.4) is 0 Å². The number of aromatic amines is 1. The van der Waals surface area contributed by atoms with Crippen molar-refractivity contribution in [3.05, 3.63) is 28.0 Å². The number of aromatic nitrogens is 1. The van der Waals surface area contributed by atoms with Crippen molar-refractivity contribution in [2.45, 2.75) is 39.2 Å². The van der Waals surface area contributed by atoms with E-state index < -0.39 is 11.7 Å². The van der Waals surface area contributed by atoms with Gasteiger partial charge in [-0.05, 0) is 45.2 Å². The highest BCUT2D eigenvalue weighted by Crippen LogP contribution is 2.24. The summed E-state index contributed by atoms with van der Waals surface area (Å²) in [6, 6.07) is 3.25. The summed E-state index contributed by atoms with van der Waals surface area (Å²) < 4.78 is 5.34. The summed E-state index contributed by atoms with van der Waals surface area (Å²) in [4.78, 5) is 27.6. The van der Waals surface area contributed by atoms with Gasteiger partial charge in [0.05, 0.1) is 0 Å². The number of carbonyl (C=O) groups excluding carboxylic acids is 1. The number of anilines is 1. The summed E-state index contributed by atoms with van der Waals surface area (Å²) in [7, 11) is 0. The van der Waals surface area contributed by atoms with Crippen molar-refractivity contribution >= 4 is 11.9 Å². The molecule has 2 rings (SSSR count). The van der Waals surface area contributed by atoms with E-state index in [-0.39, 0.29) is 5.56 Å². The fourth-order valence-corrected chi connectivity index (χ4v) is 1.98. The summed E-state index contributed by atoms with van der Waals surface area (Å²) in [5, 5.41) is 0. The number of H-pyrrole nitrogens is 1. The molecule has 98 valence electrons. The molecule has 5 heteroatoms. The second-order valence-corrected chi connectivity index (χ2v) is 5.43. The smallest absolute Gasteiger partial charge is 0.415 e. The predicted molar refractivity (Wildman–Crippen MR) is 69.0 cm³/mol. The number of hydrogen-bond acceptors (Lipinski definition) is 3. The van der Waals surface area contributed by atoms with Crippen LogP contribution < -0.4 is 10.5 Å². The lowest BCUT2D eigenvalue weighted by atomic mass is 10.1. The van der Waals surface area contributed by atoms with Crippen molar-refractivity contribution in [2.24, 2.45) is 0 Å². The van der Waals surface area contributed by atoms with Crippen LogP contribution in [-0.4, -0.2) is 23.2 Å². The minimum absolute atomic E-state index is 0.204. The van der Waals surface area contributed by atoms with Crippen LogP contribution in [0.5, 0.6) is 0 Å². The normalized spacial score (nSPS) is 15.2. The Morgan fingerprint density at radius 2 is 2.11 bits per heavy atom. The number of fused-ring (bicyclic) bond motifs is 1. The molecule has 1 aromatic heterocycles. The number of hydrogen-bond donors (Lipinski definition) is 1. The molecular formula is C13H18N2O3. The van der Waals surface area contributed by atoms with Crippen LogP contribution in [-0.2, 0) is 11.2 Å². The second kappa shape index (κ2) is 4.48. The third-order valence-corrected chi connectivity index (χ3v) is 2.69. The average Bonchev–Trinajstić information content (AvgIpc) is 2.25. The molecular weight excluding hydrogens is 232 g/mol. The van der Waals surface area contributed by atoms with Gasteiger partial charge in [0.2, 0.25) is 5.56 Å². The van der Waals surface area contributed by atoms with Crippen LogP contribution in [0.2, 0.25) is 0 Å². The molecule has 0 aliphatic carbocycles. The Kier molecular flexibility index (Phi) is 3.15. The van der Waals surface area contributed by atoms with Crippen molar-refractivity contribution in [3.63, 3.8) is 0 Å². The van der Waals surface area contributed by atoms with Crippen molar-refractivity contribution in [2.75, 3.05) is 11.4 Å². The number of pyridine rings is 1. The molecule has 2 heterocycles. The van der Waals surface area contributed by atoms with Crippen LogP contribution in [0.15, 0.2) is 16.9 Å². The Labute approximate surface area is 106 Å². The second-order valence-electron chi connectivity index (χ2n) is 5.43. The van der Waals surface area contributed by atoms with Crippen LogP contribution >= 0.6 is 0 Å². The van der Waals surface area contributed by atoms with E-state index in [1.807, 2.05) is 20.8 Å². The SMILES string of the molecule is CC(C)(C)OC(=O)N1CCCc2ccc(=O)[nH]c21. The predicted octanol–water partition coefficient (Wildman–Crippen LogP) is 2.06. The van der Waals surface area contributed by atoms with Gasteiger partial charge >= 0.3 is 6.09 Å². The fourth-order valence-electron chi connectivity index (χ4n) is 1.98. The number of rotatable bonds is 0. The molecule has 0 fully saturated rings. The van der Waals surface area contributed by atoms with E-state index in [2.05, 4.69) is 4.98 Å². The highest BCUT2D eigenvalue weighted by molar-refractivity contribution is 5.88. The molecule has 1 N–H and O–H groups in total. The third kappa shape index (κ3) is 2.72. The van der Waals surface area contributed by atoms with Gasteiger partial charge < -0.3 is 9.72 Å². The van der Waals surface area contributed by atoms with E-state index in [0.29, 0.717) is 12.4 Å². The summed E-state index contributed by atoms with van der Waals surface area (Å²) in [6.45, 7) is 6.04. The molecule has 0 saturated carbocycles. The van der Waals surface area contributed by atoms with Crippen molar-refractivity contribution < 1.29 is 9.53 Å². The maximum atomic E-state index is 12.1. The van der Waals surface area contributed by atoms with Gasteiger partial charge in [-0.3, -0.25) is 9.69 Å². The zero-order valence-corrected chi connectivity index (χ0v) is 10.9. The maximum absolute atomic E-state index is 12.1. The fraction of sp³-hybridized carbons (Fsp3) is 0.538. The third-order valence-electron chi connectivity index (χ3n) is 2.69. The molecule has 0 radical (unpaired) electrons. The summed E-state index contributed by atoms with van der Waals surface area (Å²) in [5.41, 5.74) is 0.236. The number of nitrogens with zero attached hydrogens (tertiary/aromatic N) is 1. The van der Waals surface area contributed by atoms with Gasteiger partial charge in [-0.25, -0.2) is 4.79 Å². The van der Waals surface area contributed by atoms with Crippen LogP contribution in [0.4, 0.5) is 10.6 Å². The van der Waals surface area contributed by atoms with Gasteiger partial charge in [0.25, 0.3) is 0 Å². The average molecular weight is 250 g/mol. The lowest BCUT2D eigenvalue weighted by Crippen LogP contribution is -2.41. The maximum Gasteiger partial charge on any atom is 0.415 e. The number of aryl methyl sites for hydroxylation is 1. The van der Waals surface area contributed by atoms with Crippen molar-refractivity contribution in [1.29, 1.82) is 0 Å². The first-order valence-corrected chi connectivity index (χ1v) is 6.09. The summed E-state index contributed by atoms with van der Waals surface area (Å²) in [5.74, 6) is 0.572. The van der Waals surface area contributed by atoms with Gasteiger partial charge in [-0.2, -0.15) is 0 Å². The molecule has 0 saturated heterocycles. The van der Waals surface area contributed by atoms with Gasteiger partial charge in [-0.1, -0.05) is 0 Å². The lowest BCUT2D eigenvalue weighted by Gasteiger charge is -2.30. The number of carbonyl (C=O) groups is 1. The first-order chi connectivity index (χ1) is 8.37. The van der Waals surface area contributed by atoms with E-state index in [9.17, 15) is 9.59 Å². The number of ether oxygens (including phenoxy) is 1. The molecule has 0 unspecified atom stereocenters. The Morgan fingerprint density at radius 1 is 1.39 bits per heavy atom. The molecule has 18 heavy (non-hydrogen) atoms. The molecule has 5 nitrogen and oxygen atoms in total. The molecule has 0 aromatic carbocycles. The topological polar surface area (TPSA) is 62.4 Å². The lowest BCUT2D eigenvalue weighted by molar-refractivity contribution is 0.0576. The highest BCUT2D eigenvalue weighted by atomic mass is 16.6. The van der Waals surface area contributed by atoms with Gasteiger partial charge in [0, 0.05) is 12.6 Å². The monoisotopic (exact) mass is 250 g/mol. The zero-order valence-electron chi connectivity index (χ0n) is 10.9. The molecule has 0 bridgehead atoms. The summed E-state index contributed by atoms with van der Waals surface area (Å²) >= 11 is 0. The number of nitrogens with one attached hydrogen (secondary N) is 1. The summed E-state index contributed by atoms with van der Waals surface area (Å²) in [6.07, 6.45) is 1.33. The van der Waals surface area contributed by atoms with E-state index >= 15 is 0 Å². The quantitative estimate of drug-likeness (QED) is 0.766. The number of amides is 1. The highest BCUT2D eigenvalue weighted by Gasteiger charge is 2.27. The van der Waals surface area contributed by atoms with E-state index in [0.717, 1.165) is 18.4 Å². The zero-order chi connectivity index (χ0) is 13.3. The van der Waals surface area contributed by atoms with Crippen LogP contribution in [0, 0.1) is 0 Å². The first kappa shape index (κ1) is 12.7. The first-order valence-electron chi connectivity index (χ1n) is 6.09. The Balaban J connectivity index is 2.30. The minimum atomic E-state index is -0.538. The Morgan fingerprint density at radius 3 is 2.78 bits per heavy atom. The van der Waals surface area contributed by atoms with E-state index in [1.54, 1.807) is 6.07 Å². The molecule has 1 aliphatic heterocycles. The molecule has 0 atom stereocenters. The van der Waals surface area contributed by atoms with E-state index in [1.165, 1.54) is 11.0 Å².